The molecule has 7 heteroatoms. The Morgan fingerprint density at radius 2 is 1.56 bits per heavy atom. The molecule has 0 heterocycles. The molecule has 3 N–H and O–H groups in total. The highest BCUT2D eigenvalue weighted by molar-refractivity contribution is 5.82. The van der Waals surface area contributed by atoms with E-state index < -0.39 is 12.1 Å². The fourth-order valence-electron chi connectivity index (χ4n) is 5.88. The highest BCUT2D eigenvalue weighted by Crippen LogP contribution is 2.44. The first kappa shape index (κ1) is 22.4. The summed E-state index contributed by atoms with van der Waals surface area (Å²) in [7, 11) is 0. The van der Waals surface area contributed by atoms with E-state index in [1.807, 2.05) is 24.3 Å². The van der Waals surface area contributed by atoms with E-state index >= 15 is 0 Å². The predicted molar refractivity (Wildman–Crippen MR) is 126 cm³/mol. The third-order valence-electron chi connectivity index (χ3n) is 7.63. The van der Waals surface area contributed by atoms with Crippen molar-refractivity contribution in [3.8, 4) is 11.1 Å². The van der Waals surface area contributed by atoms with Gasteiger partial charge in [0.2, 0.25) is 5.91 Å². The quantitative estimate of drug-likeness (QED) is 0.600. The van der Waals surface area contributed by atoms with Crippen LogP contribution in [0.2, 0.25) is 0 Å². The summed E-state index contributed by atoms with van der Waals surface area (Å²) in [6, 6.07) is 16.0. The molecule has 34 heavy (non-hydrogen) atoms. The van der Waals surface area contributed by atoms with E-state index in [1.165, 1.54) is 11.1 Å². The van der Waals surface area contributed by atoms with Gasteiger partial charge in [-0.05, 0) is 54.4 Å². The molecule has 0 saturated heterocycles. The summed E-state index contributed by atoms with van der Waals surface area (Å²) < 4.78 is 5.66. The summed E-state index contributed by atoms with van der Waals surface area (Å²) in [5.74, 6) is -1.61. The van der Waals surface area contributed by atoms with Gasteiger partial charge in [-0.25, -0.2) is 4.79 Å². The number of carbonyl (C=O) groups excluding carboxylic acids is 2. The topological polar surface area (TPSA) is 105 Å². The highest BCUT2D eigenvalue weighted by Gasteiger charge is 2.37. The molecule has 2 aromatic rings. The number of rotatable bonds is 6. The maximum Gasteiger partial charge on any atom is 0.407 e. The smallest absolute Gasteiger partial charge is 0.407 e. The first-order valence-corrected chi connectivity index (χ1v) is 12.2. The molecular formula is C27H30N2O5. The van der Waals surface area contributed by atoms with Gasteiger partial charge in [-0.2, -0.15) is 0 Å². The second-order valence-corrected chi connectivity index (χ2v) is 9.67. The second-order valence-electron chi connectivity index (χ2n) is 9.67. The normalized spacial score (nSPS) is 25.4. The maximum absolute atomic E-state index is 12.9. The summed E-state index contributed by atoms with van der Waals surface area (Å²) in [5.41, 5.74) is 4.67. The van der Waals surface area contributed by atoms with Crippen LogP contribution in [-0.4, -0.2) is 41.8 Å². The largest absolute Gasteiger partial charge is 0.481 e. The maximum atomic E-state index is 12.9. The number of carboxylic acids is 1. The minimum Gasteiger partial charge on any atom is -0.481 e. The summed E-state index contributed by atoms with van der Waals surface area (Å²) in [6.45, 7) is 0.238. The number of benzene rings is 2. The monoisotopic (exact) mass is 462 g/mol. The van der Waals surface area contributed by atoms with E-state index in [2.05, 4.69) is 34.9 Å². The molecule has 2 amide bonds. The van der Waals surface area contributed by atoms with E-state index in [-0.39, 0.29) is 42.4 Å². The molecule has 2 unspecified atom stereocenters. The average Bonchev–Trinajstić information content (AvgIpc) is 3.56. The molecule has 0 aliphatic heterocycles. The van der Waals surface area contributed by atoms with Gasteiger partial charge in [0.1, 0.15) is 6.61 Å². The second kappa shape index (κ2) is 9.49. The van der Waals surface area contributed by atoms with Gasteiger partial charge in [-0.15, -0.1) is 0 Å². The van der Waals surface area contributed by atoms with Gasteiger partial charge in [0.15, 0.2) is 0 Å². The Kier molecular flexibility index (Phi) is 6.26. The molecule has 3 aliphatic carbocycles. The lowest BCUT2D eigenvalue weighted by Gasteiger charge is -2.23. The summed E-state index contributed by atoms with van der Waals surface area (Å²) in [5, 5.41) is 15.1. The lowest BCUT2D eigenvalue weighted by atomic mass is 9.98. The molecular weight excluding hydrogens is 432 g/mol. The van der Waals surface area contributed by atoms with E-state index in [4.69, 9.17) is 4.74 Å². The van der Waals surface area contributed by atoms with Crippen LogP contribution in [0.25, 0.3) is 11.1 Å². The third kappa shape index (κ3) is 4.39. The van der Waals surface area contributed by atoms with Crippen molar-refractivity contribution in [2.24, 2.45) is 11.8 Å². The Morgan fingerprint density at radius 1 is 0.882 bits per heavy atom. The molecule has 2 saturated carbocycles. The molecule has 7 nitrogen and oxygen atoms in total. The number of ether oxygens (including phenoxy) is 1. The zero-order valence-electron chi connectivity index (χ0n) is 19.0. The number of hydrogen-bond acceptors (Lipinski definition) is 4. The summed E-state index contributed by atoms with van der Waals surface area (Å²) >= 11 is 0. The molecule has 4 atom stereocenters. The Labute approximate surface area is 198 Å². The first-order valence-electron chi connectivity index (χ1n) is 12.2. The number of aliphatic carboxylic acids is 1. The SMILES string of the molecule is O=C(N[C@@H]1CCC[C@@H]1C(=O)NC1CCC(C(=O)O)C1)OCC1c2ccccc2-c2ccccc21. The van der Waals surface area contributed by atoms with Crippen LogP contribution < -0.4 is 10.6 Å². The van der Waals surface area contributed by atoms with Crippen LogP contribution in [0.15, 0.2) is 48.5 Å². The molecule has 2 aromatic carbocycles. The Morgan fingerprint density at radius 3 is 2.21 bits per heavy atom. The number of fused-ring (bicyclic) bond motifs is 3. The van der Waals surface area contributed by atoms with E-state index in [0.717, 1.165) is 24.0 Å². The molecule has 0 bridgehead atoms. The molecule has 5 rings (SSSR count). The standard InChI is InChI=1S/C27H30N2O5/c30-25(28-17-13-12-16(14-17)26(31)32)22-10-5-11-24(22)29-27(33)34-15-23-20-8-3-1-6-18(20)19-7-2-4-9-21(19)23/h1-4,6-9,16-17,22-24H,5,10-15H2,(H,28,30)(H,29,33)(H,31,32)/t16?,17?,22-,24+/m0/s1. The number of carboxylic acid groups (broad SMARTS) is 1. The van der Waals surface area contributed by atoms with Crippen molar-refractivity contribution in [1.29, 1.82) is 0 Å². The summed E-state index contributed by atoms with van der Waals surface area (Å²) in [4.78, 5) is 36.7. The molecule has 0 radical (unpaired) electrons. The number of carbonyl (C=O) groups is 3. The Balaban J connectivity index is 1.17. The average molecular weight is 463 g/mol. The Bertz CT molecular complexity index is 1050. The molecule has 0 aromatic heterocycles. The van der Waals surface area contributed by atoms with Gasteiger partial charge >= 0.3 is 12.1 Å². The third-order valence-corrected chi connectivity index (χ3v) is 7.63. The van der Waals surface area contributed by atoms with Crippen LogP contribution in [-0.2, 0) is 14.3 Å². The Hall–Kier alpha value is -3.35. The lowest BCUT2D eigenvalue weighted by Crippen LogP contribution is -2.46. The van der Waals surface area contributed by atoms with Crippen LogP contribution in [0.1, 0.15) is 55.6 Å². The lowest BCUT2D eigenvalue weighted by molar-refractivity contribution is -0.141. The fourth-order valence-corrected chi connectivity index (χ4v) is 5.88. The number of nitrogens with one attached hydrogen (secondary N) is 2. The van der Waals surface area contributed by atoms with Crippen molar-refractivity contribution >= 4 is 18.0 Å². The molecule has 178 valence electrons. The minimum absolute atomic E-state index is 0.00892. The van der Waals surface area contributed by atoms with Crippen molar-refractivity contribution < 1.29 is 24.2 Å². The van der Waals surface area contributed by atoms with Gasteiger partial charge in [0.25, 0.3) is 0 Å². The van der Waals surface area contributed by atoms with Gasteiger partial charge in [0.05, 0.1) is 11.8 Å². The van der Waals surface area contributed by atoms with Crippen LogP contribution >= 0.6 is 0 Å². The van der Waals surface area contributed by atoms with E-state index in [1.54, 1.807) is 0 Å². The zero-order chi connectivity index (χ0) is 23.7. The number of amides is 2. The molecule has 0 spiro atoms. The van der Waals surface area contributed by atoms with Gasteiger partial charge < -0.3 is 20.5 Å². The van der Waals surface area contributed by atoms with Gasteiger partial charge in [-0.3, -0.25) is 9.59 Å². The number of hydrogen-bond donors (Lipinski definition) is 3. The van der Waals surface area contributed by atoms with Crippen LogP contribution in [0.4, 0.5) is 4.79 Å². The highest BCUT2D eigenvalue weighted by atomic mass is 16.5. The van der Waals surface area contributed by atoms with Crippen LogP contribution in [0.3, 0.4) is 0 Å². The van der Waals surface area contributed by atoms with Gasteiger partial charge in [0, 0.05) is 18.0 Å². The first-order chi connectivity index (χ1) is 16.5. The van der Waals surface area contributed by atoms with Crippen molar-refractivity contribution in [2.45, 2.75) is 56.5 Å². The van der Waals surface area contributed by atoms with Crippen molar-refractivity contribution in [3.63, 3.8) is 0 Å². The minimum atomic E-state index is -0.799. The van der Waals surface area contributed by atoms with Crippen molar-refractivity contribution in [3.05, 3.63) is 59.7 Å². The fraction of sp³-hybridized carbons (Fsp3) is 0.444. The molecule has 3 aliphatic rings. The predicted octanol–water partition coefficient (Wildman–Crippen LogP) is 4.06. The van der Waals surface area contributed by atoms with E-state index in [0.29, 0.717) is 25.7 Å². The van der Waals surface area contributed by atoms with Crippen molar-refractivity contribution in [2.75, 3.05) is 6.61 Å². The summed E-state index contributed by atoms with van der Waals surface area (Å²) in [6.07, 6.45) is 3.53. The number of alkyl carbamates (subject to hydrolysis) is 1. The molecule has 2 fully saturated rings. The van der Waals surface area contributed by atoms with Gasteiger partial charge in [-0.1, -0.05) is 55.0 Å². The van der Waals surface area contributed by atoms with Crippen molar-refractivity contribution in [1.82, 2.24) is 10.6 Å². The van der Waals surface area contributed by atoms with Crippen LogP contribution in [0, 0.1) is 11.8 Å². The zero-order valence-corrected chi connectivity index (χ0v) is 19.0. The van der Waals surface area contributed by atoms with Crippen LogP contribution in [0.5, 0.6) is 0 Å². The van der Waals surface area contributed by atoms with E-state index in [9.17, 15) is 19.5 Å².